The van der Waals surface area contributed by atoms with Gasteiger partial charge in [-0.3, -0.25) is 10.3 Å². The van der Waals surface area contributed by atoms with Crippen LogP contribution in [-0.2, 0) is 0 Å². The zero-order chi connectivity index (χ0) is 10.3. The van der Waals surface area contributed by atoms with Crippen LogP contribution in [0.4, 0.5) is 0 Å². The summed E-state index contributed by atoms with van der Waals surface area (Å²) in [7, 11) is 0. The van der Waals surface area contributed by atoms with Crippen molar-refractivity contribution in [3.63, 3.8) is 0 Å². The molecule has 0 aliphatic heterocycles. The Labute approximate surface area is 75.0 Å². The van der Waals surface area contributed by atoms with Gasteiger partial charge in [0, 0.05) is 0 Å². The van der Waals surface area contributed by atoms with Crippen LogP contribution < -0.4 is 5.32 Å². The highest BCUT2D eigenvalue weighted by Gasteiger charge is 2.27. The zero-order valence-corrected chi connectivity index (χ0v) is 6.96. The number of amidine groups is 1. The molecule has 0 aliphatic rings. The molecule has 0 fully saturated rings. The maximum atomic E-state index is 8.65. The van der Waals surface area contributed by atoms with E-state index in [1.165, 1.54) is 0 Å². The summed E-state index contributed by atoms with van der Waals surface area (Å²) in [6, 6.07) is 0. The summed E-state index contributed by atoms with van der Waals surface area (Å²) in [6.07, 6.45) is 0. The standard InChI is InChI=1S/C6H13N2O5/c9-3-1-7-5(6(11,12)13)8-2-4-10/h9-13H,1-4H2. The lowest BCUT2D eigenvalue weighted by molar-refractivity contribution is -0.257. The van der Waals surface area contributed by atoms with Crippen molar-refractivity contribution in [1.29, 1.82) is 0 Å². The molecule has 77 valence electrons. The summed E-state index contributed by atoms with van der Waals surface area (Å²) >= 11 is 0. The molecule has 0 heterocycles. The topological polar surface area (TPSA) is 128 Å². The first kappa shape index (κ1) is 12.3. The number of nitrogens with zero attached hydrogens (tertiary/aromatic N) is 2. The van der Waals surface area contributed by atoms with Crippen LogP contribution in [0.2, 0.25) is 0 Å². The number of aliphatic hydroxyl groups excluding tert-OH is 2. The molecule has 0 aliphatic carbocycles. The minimum atomic E-state index is -3.12. The molecule has 7 heteroatoms. The Kier molecular flexibility index (Phi) is 5.51. The molecule has 0 atom stereocenters. The summed E-state index contributed by atoms with van der Waals surface area (Å²) in [5.74, 6) is -3.75. The van der Waals surface area contributed by atoms with Gasteiger partial charge in [-0.1, -0.05) is 0 Å². The smallest absolute Gasteiger partial charge is 0.339 e. The molecular formula is C6H13N2O5. The maximum Gasteiger partial charge on any atom is 0.339 e. The number of aliphatic hydroxyl groups is 5. The Morgan fingerprint density at radius 2 is 1.54 bits per heavy atom. The second-order valence-electron chi connectivity index (χ2n) is 2.17. The van der Waals surface area contributed by atoms with E-state index in [0.29, 0.717) is 0 Å². The Morgan fingerprint density at radius 3 is 1.92 bits per heavy atom. The van der Waals surface area contributed by atoms with E-state index in [1.807, 2.05) is 0 Å². The van der Waals surface area contributed by atoms with Crippen molar-refractivity contribution in [3.05, 3.63) is 0 Å². The molecule has 0 amide bonds. The van der Waals surface area contributed by atoms with Crippen molar-refractivity contribution in [1.82, 2.24) is 5.32 Å². The lowest BCUT2D eigenvalue weighted by atomic mass is 10.4. The molecule has 0 aromatic rings. The second kappa shape index (κ2) is 5.84. The summed E-state index contributed by atoms with van der Waals surface area (Å²) in [4.78, 5) is 3.39. The Hall–Kier alpha value is -0.730. The first-order chi connectivity index (χ1) is 6.02. The second-order valence-corrected chi connectivity index (χ2v) is 2.17. The maximum absolute atomic E-state index is 8.65. The van der Waals surface area contributed by atoms with Gasteiger partial charge in [0.25, 0.3) is 0 Å². The average molecular weight is 193 g/mol. The van der Waals surface area contributed by atoms with Crippen molar-refractivity contribution in [2.45, 2.75) is 5.97 Å². The molecule has 0 unspecified atom stereocenters. The van der Waals surface area contributed by atoms with Crippen LogP contribution in [0.1, 0.15) is 0 Å². The fourth-order valence-corrected chi connectivity index (χ4v) is 0.574. The fraction of sp³-hybridized carbons (Fsp3) is 0.833. The number of hydrogen-bond acceptors (Lipinski definition) is 6. The van der Waals surface area contributed by atoms with E-state index in [-0.39, 0.29) is 26.3 Å². The first-order valence-corrected chi connectivity index (χ1v) is 3.63. The van der Waals surface area contributed by atoms with Gasteiger partial charge in [-0.05, 0) is 0 Å². The predicted octanol–water partition coefficient (Wildman–Crippen LogP) is -3.40. The van der Waals surface area contributed by atoms with Gasteiger partial charge >= 0.3 is 5.97 Å². The Bertz CT molecular complexity index is 165. The molecule has 0 bridgehead atoms. The lowest BCUT2D eigenvalue weighted by Crippen LogP contribution is -2.44. The highest BCUT2D eigenvalue weighted by Crippen LogP contribution is 1.96. The molecule has 0 rings (SSSR count). The molecule has 0 saturated heterocycles. The van der Waals surface area contributed by atoms with Crippen molar-refractivity contribution in [2.75, 3.05) is 26.3 Å². The lowest BCUT2D eigenvalue weighted by Gasteiger charge is -2.15. The number of aliphatic imine (C=N–C) groups is 1. The third-order valence-electron chi connectivity index (χ3n) is 1.02. The normalized spacial score (nSPS) is 13.2. The average Bonchev–Trinajstić information content (AvgIpc) is 2.02. The first-order valence-electron chi connectivity index (χ1n) is 3.63. The molecule has 0 aromatic carbocycles. The van der Waals surface area contributed by atoms with Crippen LogP contribution in [0.5, 0.6) is 0 Å². The van der Waals surface area contributed by atoms with Gasteiger partial charge < -0.3 is 25.5 Å². The van der Waals surface area contributed by atoms with Crippen molar-refractivity contribution >= 4 is 5.84 Å². The quantitative estimate of drug-likeness (QED) is 0.177. The molecule has 0 aromatic heterocycles. The summed E-state index contributed by atoms with van der Waals surface area (Å²) in [6.45, 7) is -0.802. The Morgan fingerprint density at radius 1 is 1.00 bits per heavy atom. The van der Waals surface area contributed by atoms with Gasteiger partial charge in [-0.2, -0.15) is 0 Å². The summed E-state index contributed by atoms with van der Waals surface area (Å²) < 4.78 is 0. The van der Waals surface area contributed by atoms with Crippen LogP contribution >= 0.6 is 0 Å². The molecule has 0 spiro atoms. The van der Waals surface area contributed by atoms with Crippen LogP contribution in [0, 0.1) is 0 Å². The van der Waals surface area contributed by atoms with Gasteiger partial charge in [-0.25, -0.2) is 0 Å². The number of rotatable bonds is 5. The van der Waals surface area contributed by atoms with E-state index in [4.69, 9.17) is 25.5 Å². The molecule has 1 radical (unpaired) electrons. The van der Waals surface area contributed by atoms with E-state index >= 15 is 0 Å². The van der Waals surface area contributed by atoms with Crippen LogP contribution in [-0.4, -0.2) is 63.6 Å². The minimum absolute atomic E-state index is 0.103. The van der Waals surface area contributed by atoms with Crippen molar-refractivity contribution in [2.24, 2.45) is 4.99 Å². The zero-order valence-electron chi connectivity index (χ0n) is 6.96. The van der Waals surface area contributed by atoms with Crippen molar-refractivity contribution in [3.8, 4) is 0 Å². The molecule has 13 heavy (non-hydrogen) atoms. The monoisotopic (exact) mass is 193 g/mol. The van der Waals surface area contributed by atoms with E-state index in [9.17, 15) is 0 Å². The number of hydrogen-bond donors (Lipinski definition) is 5. The highest BCUT2D eigenvalue weighted by molar-refractivity contribution is 5.86. The third kappa shape index (κ3) is 5.50. The van der Waals surface area contributed by atoms with Gasteiger partial charge in [0.05, 0.1) is 26.3 Å². The van der Waals surface area contributed by atoms with E-state index in [1.54, 1.807) is 0 Å². The third-order valence-corrected chi connectivity index (χ3v) is 1.02. The molecule has 5 N–H and O–H groups in total. The van der Waals surface area contributed by atoms with E-state index in [0.717, 1.165) is 0 Å². The van der Waals surface area contributed by atoms with Crippen LogP contribution in [0.15, 0.2) is 4.99 Å². The van der Waals surface area contributed by atoms with E-state index in [2.05, 4.69) is 10.3 Å². The van der Waals surface area contributed by atoms with Gasteiger partial charge in [-0.15, -0.1) is 0 Å². The van der Waals surface area contributed by atoms with Gasteiger partial charge in [0.15, 0.2) is 0 Å². The van der Waals surface area contributed by atoms with Crippen LogP contribution in [0.25, 0.3) is 0 Å². The SMILES string of the molecule is OCC[N]C(=NCCO)C(O)(O)O. The predicted molar refractivity (Wildman–Crippen MR) is 42.9 cm³/mol. The summed E-state index contributed by atoms with van der Waals surface area (Å²) in [5.41, 5.74) is 0. The van der Waals surface area contributed by atoms with Gasteiger partial charge in [0.1, 0.15) is 0 Å². The molecule has 7 nitrogen and oxygen atoms in total. The van der Waals surface area contributed by atoms with Crippen molar-refractivity contribution < 1.29 is 25.5 Å². The highest BCUT2D eigenvalue weighted by atomic mass is 16.7. The van der Waals surface area contributed by atoms with Gasteiger partial charge in [0.2, 0.25) is 5.84 Å². The largest absolute Gasteiger partial charge is 0.394 e. The fourth-order valence-electron chi connectivity index (χ4n) is 0.574. The minimum Gasteiger partial charge on any atom is -0.394 e. The Balaban J connectivity index is 4.19. The van der Waals surface area contributed by atoms with Crippen LogP contribution in [0.3, 0.4) is 0 Å². The molecular weight excluding hydrogens is 180 g/mol. The summed E-state index contributed by atoms with van der Waals surface area (Å²) in [5, 5.41) is 46.1. The van der Waals surface area contributed by atoms with E-state index < -0.39 is 11.8 Å². The molecule has 0 saturated carbocycles.